The van der Waals surface area contributed by atoms with Crippen molar-refractivity contribution < 1.29 is 13.5 Å². The van der Waals surface area contributed by atoms with Gasteiger partial charge >= 0.3 is 0 Å². The number of aromatic nitrogens is 2. The van der Waals surface area contributed by atoms with Crippen molar-refractivity contribution in [3.05, 3.63) is 59.7 Å². The summed E-state index contributed by atoms with van der Waals surface area (Å²) >= 11 is 0. The number of fused-ring (bicyclic) bond motifs is 1. The summed E-state index contributed by atoms with van der Waals surface area (Å²) in [5, 5.41) is 7.81. The van der Waals surface area contributed by atoms with Crippen molar-refractivity contribution in [2.45, 2.75) is 6.42 Å². The number of hydrogen-bond donors (Lipinski definition) is 1. The Balaban J connectivity index is 1.89. The van der Waals surface area contributed by atoms with E-state index in [1.165, 1.54) is 16.8 Å². The second-order valence-electron chi connectivity index (χ2n) is 5.59. The molecule has 0 spiro atoms. The Morgan fingerprint density at radius 2 is 2.04 bits per heavy atom. The standard InChI is InChI=1S/C18H15F2N3O/c1-24-13-4-2-3-11(9-13)17-14-7-8-21-18(14)23(22-17)16-6-5-12(19)10-15(16)20/h2-6,9-10,21H,7-8H2,1H3. The molecule has 3 aromatic rings. The average Bonchev–Trinajstić information content (AvgIpc) is 3.18. The summed E-state index contributed by atoms with van der Waals surface area (Å²) in [5.74, 6) is 0.222. The number of nitrogens with one attached hydrogen (secondary N) is 1. The summed E-state index contributed by atoms with van der Waals surface area (Å²) in [4.78, 5) is 0. The quantitative estimate of drug-likeness (QED) is 0.795. The van der Waals surface area contributed by atoms with Crippen LogP contribution in [0.3, 0.4) is 0 Å². The molecule has 0 bridgehead atoms. The highest BCUT2D eigenvalue weighted by atomic mass is 19.1. The molecule has 1 aromatic heterocycles. The van der Waals surface area contributed by atoms with Crippen LogP contribution in [0.15, 0.2) is 42.5 Å². The van der Waals surface area contributed by atoms with Crippen molar-refractivity contribution in [2.75, 3.05) is 19.0 Å². The highest BCUT2D eigenvalue weighted by Crippen LogP contribution is 2.36. The molecular weight excluding hydrogens is 312 g/mol. The third kappa shape index (κ3) is 2.31. The van der Waals surface area contributed by atoms with Gasteiger partial charge in [0.1, 0.15) is 23.1 Å². The Hall–Kier alpha value is -2.89. The Bertz CT molecular complexity index is 921. The van der Waals surface area contributed by atoms with E-state index in [9.17, 15) is 8.78 Å². The molecule has 0 radical (unpaired) electrons. The summed E-state index contributed by atoms with van der Waals surface area (Å²) in [6.07, 6.45) is 0.796. The molecule has 0 amide bonds. The van der Waals surface area contributed by atoms with E-state index in [1.54, 1.807) is 7.11 Å². The molecule has 0 aliphatic carbocycles. The second kappa shape index (κ2) is 5.63. The van der Waals surface area contributed by atoms with Gasteiger partial charge in [-0.15, -0.1) is 0 Å². The van der Waals surface area contributed by atoms with Gasteiger partial charge in [-0.25, -0.2) is 13.5 Å². The maximum Gasteiger partial charge on any atom is 0.151 e. The monoisotopic (exact) mass is 327 g/mol. The smallest absolute Gasteiger partial charge is 0.151 e. The third-order valence-corrected chi connectivity index (χ3v) is 4.13. The fraction of sp³-hybridized carbons (Fsp3) is 0.167. The van der Waals surface area contributed by atoms with Gasteiger partial charge in [-0.3, -0.25) is 0 Å². The minimum atomic E-state index is -0.647. The average molecular weight is 327 g/mol. The molecule has 1 aliphatic heterocycles. The summed E-state index contributed by atoms with van der Waals surface area (Å²) in [6, 6.07) is 11.1. The third-order valence-electron chi connectivity index (χ3n) is 4.13. The fourth-order valence-corrected chi connectivity index (χ4v) is 3.00. The number of benzene rings is 2. The predicted octanol–water partition coefficient (Wildman–Crippen LogP) is 3.79. The summed E-state index contributed by atoms with van der Waals surface area (Å²) in [7, 11) is 1.61. The zero-order valence-electron chi connectivity index (χ0n) is 13.0. The lowest BCUT2D eigenvalue weighted by Crippen LogP contribution is -2.06. The van der Waals surface area contributed by atoms with Crippen LogP contribution < -0.4 is 10.1 Å². The first-order valence-electron chi connectivity index (χ1n) is 7.63. The maximum absolute atomic E-state index is 14.2. The molecule has 2 heterocycles. The summed E-state index contributed by atoms with van der Waals surface area (Å²) in [5.41, 5.74) is 2.91. The van der Waals surface area contributed by atoms with Crippen LogP contribution in [0.4, 0.5) is 14.6 Å². The van der Waals surface area contributed by atoms with Crippen molar-refractivity contribution >= 4 is 5.82 Å². The molecule has 0 saturated heterocycles. The van der Waals surface area contributed by atoms with Crippen molar-refractivity contribution in [2.24, 2.45) is 0 Å². The van der Waals surface area contributed by atoms with E-state index in [-0.39, 0.29) is 5.69 Å². The highest BCUT2D eigenvalue weighted by molar-refractivity contribution is 5.73. The minimum absolute atomic E-state index is 0.219. The molecule has 0 unspecified atom stereocenters. The van der Waals surface area contributed by atoms with E-state index in [0.717, 1.165) is 47.4 Å². The van der Waals surface area contributed by atoms with Crippen LogP contribution in [0.1, 0.15) is 5.56 Å². The highest BCUT2D eigenvalue weighted by Gasteiger charge is 2.25. The Labute approximate surface area is 137 Å². The SMILES string of the molecule is COc1cccc(-c2nn(-c3ccc(F)cc3F)c3c2CCN3)c1. The summed E-state index contributed by atoms with van der Waals surface area (Å²) < 4.78 is 34.2. The molecule has 4 rings (SSSR count). The van der Waals surface area contributed by atoms with Crippen molar-refractivity contribution in [1.29, 1.82) is 0 Å². The summed E-state index contributed by atoms with van der Waals surface area (Å²) in [6.45, 7) is 0.757. The molecule has 0 saturated carbocycles. The lowest BCUT2D eigenvalue weighted by molar-refractivity contribution is 0.415. The van der Waals surface area contributed by atoms with Crippen LogP contribution in [-0.4, -0.2) is 23.4 Å². The number of rotatable bonds is 3. The molecule has 1 N–H and O–H groups in total. The minimum Gasteiger partial charge on any atom is -0.497 e. The van der Waals surface area contributed by atoms with Gasteiger partial charge in [0, 0.05) is 23.7 Å². The van der Waals surface area contributed by atoms with Gasteiger partial charge in [0.2, 0.25) is 0 Å². The van der Waals surface area contributed by atoms with E-state index in [2.05, 4.69) is 10.4 Å². The number of ether oxygens (including phenoxy) is 1. The van der Waals surface area contributed by atoms with Crippen LogP contribution in [0.2, 0.25) is 0 Å². The molecular formula is C18H15F2N3O. The fourth-order valence-electron chi connectivity index (χ4n) is 3.00. The number of halogens is 2. The van der Waals surface area contributed by atoms with Crippen LogP contribution in [0.5, 0.6) is 5.75 Å². The lowest BCUT2D eigenvalue weighted by atomic mass is 10.1. The normalized spacial score (nSPS) is 12.8. The molecule has 1 aliphatic rings. The predicted molar refractivity (Wildman–Crippen MR) is 87.7 cm³/mol. The largest absolute Gasteiger partial charge is 0.497 e. The van der Waals surface area contributed by atoms with E-state index in [4.69, 9.17) is 4.74 Å². The molecule has 122 valence electrons. The van der Waals surface area contributed by atoms with Crippen LogP contribution >= 0.6 is 0 Å². The zero-order valence-corrected chi connectivity index (χ0v) is 13.0. The van der Waals surface area contributed by atoms with Gasteiger partial charge in [0.25, 0.3) is 0 Å². The van der Waals surface area contributed by atoms with Crippen LogP contribution in [0.25, 0.3) is 16.9 Å². The van der Waals surface area contributed by atoms with E-state index < -0.39 is 11.6 Å². The van der Waals surface area contributed by atoms with Crippen molar-refractivity contribution in [3.63, 3.8) is 0 Å². The second-order valence-corrected chi connectivity index (χ2v) is 5.59. The molecule has 0 atom stereocenters. The number of methoxy groups -OCH3 is 1. The molecule has 2 aromatic carbocycles. The van der Waals surface area contributed by atoms with Gasteiger partial charge in [-0.05, 0) is 30.7 Å². The number of hydrogen-bond acceptors (Lipinski definition) is 3. The first kappa shape index (κ1) is 14.7. The zero-order chi connectivity index (χ0) is 16.7. The Kier molecular flexibility index (Phi) is 3.45. The number of anilines is 1. The van der Waals surface area contributed by atoms with Gasteiger partial charge in [-0.2, -0.15) is 5.10 Å². The van der Waals surface area contributed by atoms with Crippen molar-refractivity contribution in [3.8, 4) is 22.7 Å². The van der Waals surface area contributed by atoms with Gasteiger partial charge in [-0.1, -0.05) is 12.1 Å². The van der Waals surface area contributed by atoms with E-state index >= 15 is 0 Å². The van der Waals surface area contributed by atoms with E-state index in [0.29, 0.717) is 0 Å². The van der Waals surface area contributed by atoms with Gasteiger partial charge in [0.05, 0.1) is 12.8 Å². The topological polar surface area (TPSA) is 39.1 Å². The first-order valence-corrected chi connectivity index (χ1v) is 7.63. The lowest BCUT2D eigenvalue weighted by Gasteiger charge is -2.07. The first-order chi connectivity index (χ1) is 11.7. The molecule has 24 heavy (non-hydrogen) atoms. The van der Waals surface area contributed by atoms with Gasteiger partial charge in [0.15, 0.2) is 5.82 Å². The molecule has 4 nitrogen and oxygen atoms in total. The Morgan fingerprint density at radius 3 is 2.83 bits per heavy atom. The molecule has 6 heteroatoms. The number of nitrogens with zero attached hydrogens (tertiary/aromatic N) is 2. The van der Waals surface area contributed by atoms with Crippen molar-refractivity contribution in [1.82, 2.24) is 9.78 Å². The van der Waals surface area contributed by atoms with Gasteiger partial charge < -0.3 is 10.1 Å². The van der Waals surface area contributed by atoms with Crippen LogP contribution in [-0.2, 0) is 6.42 Å². The maximum atomic E-state index is 14.2. The van der Waals surface area contributed by atoms with Crippen LogP contribution in [0, 0.1) is 11.6 Å². The van der Waals surface area contributed by atoms with E-state index in [1.807, 2.05) is 24.3 Å². The Morgan fingerprint density at radius 1 is 1.17 bits per heavy atom. The molecule has 0 fully saturated rings.